The van der Waals surface area contributed by atoms with E-state index in [1.165, 1.54) is 25.9 Å². The van der Waals surface area contributed by atoms with Gasteiger partial charge >= 0.3 is 0 Å². The smallest absolute Gasteiger partial charge is 0.126 e. The van der Waals surface area contributed by atoms with Gasteiger partial charge in [-0.25, -0.2) is 4.98 Å². The molecule has 16 heavy (non-hydrogen) atoms. The van der Waals surface area contributed by atoms with Gasteiger partial charge in [0, 0.05) is 13.1 Å². The summed E-state index contributed by atoms with van der Waals surface area (Å²) in [5.74, 6) is 0.918. The van der Waals surface area contributed by atoms with Crippen molar-refractivity contribution in [1.29, 1.82) is 0 Å². The summed E-state index contributed by atoms with van der Waals surface area (Å²) in [6.07, 6.45) is 2.59. The third-order valence-corrected chi connectivity index (χ3v) is 3.19. The Morgan fingerprint density at radius 3 is 2.81 bits per heavy atom. The van der Waals surface area contributed by atoms with Gasteiger partial charge in [0.2, 0.25) is 0 Å². The second-order valence-corrected chi connectivity index (χ2v) is 4.55. The van der Waals surface area contributed by atoms with Gasteiger partial charge in [0.1, 0.15) is 5.82 Å². The molecule has 0 radical (unpaired) electrons. The predicted molar refractivity (Wildman–Crippen MR) is 67.9 cm³/mol. The van der Waals surface area contributed by atoms with Gasteiger partial charge in [-0.1, -0.05) is 11.6 Å². The predicted octanol–water partition coefficient (Wildman–Crippen LogP) is 2.76. The number of hydrogen-bond donors (Lipinski definition) is 1. The highest BCUT2D eigenvalue weighted by molar-refractivity contribution is 6.31. The highest BCUT2D eigenvalue weighted by Crippen LogP contribution is 2.20. The third kappa shape index (κ3) is 2.86. The van der Waals surface area contributed by atoms with Crippen LogP contribution >= 0.6 is 11.6 Å². The van der Waals surface area contributed by atoms with Gasteiger partial charge in [-0.15, -0.1) is 0 Å². The van der Waals surface area contributed by atoms with E-state index in [0.717, 1.165) is 29.6 Å². The topological polar surface area (TPSA) is 28.2 Å². The van der Waals surface area contributed by atoms with Crippen LogP contribution in [0.4, 0.5) is 5.82 Å². The van der Waals surface area contributed by atoms with E-state index in [-0.39, 0.29) is 0 Å². The van der Waals surface area contributed by atoms with Crippen molar-refractivity contribution in [2.75, 3.05) is 25.0 Å². The average molecular weight is 240 g/mol. The number of rotatable bonds is 4. The number of nitrogens with zero attached hydrogens (tertiary/aromatic N) is 2. The molecule has 1 aliphatic heterocycles. The zero-order valence-electron chi connectivity index (χ0n) is 9.67. The molecular formula is C12H18ClN3. The highest BCUT2D eigenvalue weighted by atomic mass is 35.5. The van der Waals surface area contributed by atoms with Crippen molar-refractivity contribution >= 4 is 17.4 Å². The molecule has 0 amide bonds. The summed E-state index contributed by atoms with van der Waals surface area (Å²) < 4.78 is 0. The number of aromatic nitrogens is 1. The van der Waals surface area contributed by atoms with E-state index in [0.29, 0.717) is 0 Å². The van der Waals surface area contributed by atoms with Crippen LogP contribution < -0.4 is 5.32 Å². The van der Waals surface area contributed by atoms with Crippen molar-refractivity contribution in [3.05, 3.63) is 22.8 Å². The van der Waals surface area contributed by atoms with Gasteiger partial charge in [-0.2, -0.15) is 0 Å². The first kappa shape index (κ1) is 11.7. The molecule has 0 atom stereocenters. The quantitative estimate of drug-likeness (QED) is 0.876. The molecule has 3 nitrogen and oxygen atoms in total. The van der Waals surface area contributed by atoms with E-state index in [1.54, 1.807) is 0 Å². The molecule has 0 saturated carbocycles. The zero-order valence-corrected chi connectivity index (χ0v) is 10.4. The summed E-state index contributed by atoms with van der Waals surface area (Å²) in [6.45, 7) is 6.17. The maximum absolute atomic E-state index is 6.16. The van der Waals surface area contributed by atoms with E-state index in [2.05, 4.69) is 22.1 Å². The Morgan fingerprint density at radius 2 is 2.12 bits per heavy atom. The number of nitrogens with one attached hydrogen (secondary N) is 1. The monoisotopic (exact) mass is 239 g/mol. The first-order valence-electron chi connectivity index (χ1n) is 5.91. The molecule has 4 heteroatoms. The largest absolute Gasteiger partial charge is 0.370 e. The number of likely N-dealkylation sites (tertiary alicyclic amines) is 1. The summed E-state index contributed by atoms with van der Waals surface area (Å²) in [7, 11) is 0. The standard InChI is InChI=1S/C12H18ClN3/c1-2-14-12-6-5-10(13)11(15-12)9-16-7-3-4-8-16/h5-6H,2-4,7-9H2,1H3,(H,14,15). The molecule has 0 bridgehead atoms. The van der Waals surface area contributed by atoms with Crippen LogP contribution in [-0.4, -0.2) is 29.5 Å². The average Bonchev–Trinajstić information content (AvgIpc) is 2.76. The number of halogens is 1. The fourth-order valence-electron chi connectivity index (χ4n) is 2.03. The van der Waals surface area contributed by atoms with Crippen LogP contribution in [0.25, 0.3) is 0 Å². The molecule has 88 valence electrons. The molecule has 1 aromatic rings. The van der Waals surface area contributed by atoms with Gasteiger partial charge in [0.05, 0.1) is 10.7 Å². The van der Waals surface area contributed by atoms with Gasteiger partial charge < -0.3 is 5.32 Å². The molecule has 2 rings (SSSR count). The Hall–Kier alpha value is -0.800. The van der Waals surface area contributed by atoms with E-state index in [1.807, 2.05) is 12.1 Å². The molecular weight excluding hydrogens is 222 g/mol. The third-order valence-electron chi connectivity index (χ3n) is 2.85. The molecule has 0 spiro atoms. The van der Waals surface area contributed by atoms with Crippen molar-refractivity contribution in [3.63, 3.8) is 0 Å². The summed E-state index contributed by atoms with van der Waals surface area (Å²) >= 11 is 6.16. The number of hydrogen-bond acceptors (Lipinski definition) is 3. The molecule has 1 N–H and O–H groups in total. The highest BCUT2D eigenvalue weighted by Gasteiger charge is 2.14. The van der Waals surface area contributed by atoms with Gasteiger partial charge in [0.25, 0.3) is 0 Å². The molecule has 1 saturated heterocycles. The minimum Gasteiger partial charge on any atom is -0.370 e. The summed E-state index contributed by atoms with van der Waals surface area (Å²) in [5, 5.41) is 3.98. The molecule has 2 heterocycles. The van der Waals surface area contributed by atoms with Crippen LogP contribution in [0.3, 0.4) is 0 Å². The Labute approximate surface area is 102 Å². The van der Waals surface area contributed by atoms with Gasteiger partial charge in [-0.3, -0.25) is 4.90 Å². The maximum Gasteiger partial charge on any atom is 0.126 e. The van der Waals surface area contributed by atoms with E-state index in [4.69, 9.17) is 11.6 Å². The Kier molecular flexibility index (Phi) is 4.02. The normalized spacial score (nSPS) is 16.6. The SMILES string of the molecule is CCNc1ccc(Cl)c(CN2CCCC2)n1. The van der Waals surface area contributed by atoms with Crippen LogP contribution in [0.1, 0.15) is 25.5 Å². The van der Waals surface area contributed by atoms with Gasteiger partial charge in [-0.05, 0) is 45.0 Å². The van der Waals surface area contributed by atoms with Crippen molar-refractivity contribution in [3.8, 4) is 0 Å². The van der Waals surface area contributed by atoms with Gasteiger partial charge in [0.15, 0.2) is 0 Å². The Balaban J connectivity index is 2.08. The first-order chi connectivity index (χ1) is 7.79. The van der Waals surface area contributed by atoms with Crippen LogP contribution in [0.5, 0.6) is 0 Å². The first-order valence-corrected chi connectivity index (χ1v) is 6.29. The lowest BCUT2D eigenvalue weighted by Crippen LogP contribution is -2.19. The summed E-state index contributed by atoms with van der Waals surface area (Å²) in [6, 6.07) is 3.86. The van der Waals surface area contributed by atoms with Crippen LogP contribution in [0.2, 0.25) is 5.02 Å². The van der Waals surface area contributed by atoms with Crippen molar-refractivity contribution in [2.24, 2.45) is 0 Å². The maximum atomic E-state index is 6.16. The fraction of sp³-hybridized carbons (Fsp3) is 0.583. The van der Waals surface area contributed by atoms with Crippen molar-refractivity contribution in [2.45, 2.75) is 26.3 Å². The van der Waals surface area contributed by atoms with Crippen LogP contribution in [0.15, 0.2) is 12.1 Å². The Bertz CT molecular complexity index is 348. The van der Waals surface area contributed by atoms with Crippen LogP contribution in [-0.2, 0) is 6.54 Å². The fourth-order valence-corrected chi connectivity index (χ4v) is 2.19. The lowest BCUT2D eigenvalue weighted by Gasteiger charge is -2.15. The second-order valence-electron chi connectivity index (χ2n) is 4.14. The number of pyridine rings is 1. The van der Waals surface area contributed by atoms with Crippen molar-refractivity contribution < 1.29 is 0 Å². The molecule has 0 aromatic carbocycles. The molecule has 0 unspecified atom stereocenters. The molecule has 1 fully saturated rings. The summed E-state index contributed by atoms with van der Waals surface area (Å²) in [5.41, 5.74) is 0.988. The Morgan fingerprint density at radius 1 is 1.38 bits per heavy atom. The minimum absolute atomic E-state index is 0.772. The van der Waals surface area contributed by atoms with Crippen LogP contribution in [0, 0.1) is 0 Å². The van der Waals surface area contributed by atoms with E-state index < -0.39 is 0 Å². The second kappa shape index (κ2) is 5.51. The van der Waals surface area contributed by atoms with E-state index in [9.17, 15) is 0 Å². The molecule has 1 aliphatic rings. The number of anilines is 1. The molecule has 0 aliphatic carbocycles. The lowest BCUT2D eigenvalue weighted by atomic mass is 10.3. The zero-order chi connectivity index (χ0) is 11.4. The lowest BCUT2D eigenvalue weighted by molar-refractivity contribution is 0.327. The van der Waals surface area contributed by atoms with Crippen molar-refractivity contribution in [1.82, 2.24) is 9.88 Å². The summed E-state index contributed by atoms with van der Waals surface area (Å²) in [4.78, 5) is 6.95. The van der Waals surface area contributed by atoms with E-state index >= 15 is 0 Å². The molecule has 1 aromatic heterocycles. The minimum atomic E-state index is 0.772.